The molecule has 0 spiro atoms. The summed E-state index contributed by atoms with van der Waals surface area (Å²) in [5.74, 6) is -2.28. The number of hydrogen-bond donors (Lipinski definition) is 0. The maximum absolute atomic E-state index is 9.77. The van der Waals surface area contributed by atoms with Gasteiger partial charge in [0.05, 0.1) is 0 Å². The molecule has 0 unspecified atom stereocenters. The van der Waals surface area contributed by atoms with Crippen LogP contribution in [0.15, 0.2) is 0 Å². The Morgan fingerprint density at radius 1 is 0.652 bits per heavy atom. The van der Waals surface area contributed by atoms with E-state index in [0.717, 1.165) is 0 Å². The van der Waals surface area contributed by atoms with Crippen molar-refractivity contribution >= 4 is 33.1 Å². The minimum absolute atomic E-state index is 0.0761. The summed E-state index contributed by atoms with van der Waals surface area (Å²) in [4.78, 5) is 19.5. The predicted molar refractivity (Wildman–Crippen MR) is 92.1 cm³/mol. The molecule has 0 amide bonds. The molecule has 0 aliphatic carbocycles. The van der Waals surface area contributed by atoms with Crippen molar-refractivity contribution in [1.29, 1.82) is 0 Å². The Bertz CT molecular complexity index is 244. The second-order valence-corrected chi connectivity index (χ2v) is 10.1. The first-order valence-corrected chi connectivity index (χ1v) is 13.2. The van der Waals surface area contributed by atoms with Gasteiger partial charge in [0, 0.05) is 11.9 Å². The molecule has 0 aromatic carbocycles. The molecule has 0 bridgehead atoms. The topological polar surface area (TPSA) is 80.3 Å². The Kier molecular flexibility index (Phi) is 23.6. The van der Waals surface area contributed by atoms with Crippen LogP contribution in [0.3, 0.4) is 0 Å². The molecule has 0 N–H and O–H groups in total. The van der Waals surface area contributed by atoms with Crippen molar-refractivity contribution in [2.24, 2.45) is 0 Å². The molecule has 23 heavy (non-hydrogen) atoms. The van der Waals surface area contributed by atoms with E-state index in [1.165, 1.54) is 38.5 Å². The van der Waals surface area contributed by atoms with Gasteiger partial charge >= 0.3 is 95.2 Å². The van der Waals surface area contributed by atoms with Gasteiger partial charge in [-0.25, -0.2) is 0 Å². The molecule has 0 aromatic rings. The van der Waals surface area contributed by atoms with Crippen molar-refractivity contribution in [1.82, 2.24) is 0 Å². The molecule has 0 rings (SSSR count). The van der Waals surface area contributed by atoms with Gasteiger partial charge in [-0.2, -0.15) is 0 Å². The normalized spacial score (nSPS) is 9.65. The summed E-state index contributed by atoms with van der Waals surface area (Å²) in [6, 6.07) is 0. The number of rotatable bonds is 15. The molecule has 4 nitrogen and oxygen atoms in total. The number of carbonyl (C=O) groups excluding carboxylic acids is 2. The van der Waals surface area contributed by atoms with E-state index in [9.17, 15) is 19.8 Å². The van der Waals surface area contributed by atoms with Crippen LogP contribution >= 0.6 is 0 Å². The molecule has 0 aromatic heterocycles. The minimum Gasteiger partial charge on any atom is -0.550 e. The van der Waals surface area contributed by atoms with Crippen molar-refractivity contribution < 1.29 is 19.8 Å². The molecule has 0 aliphatic rings. The third kappa shape index (κ3) is 30.2. The zero-order valence-electron chi connectivity index (χ0n) is 15.0. The largest absolute Gasteiger partial charge is 0.550 e. The Morgan fingerprint density at radius 3 is 1.35 bits per heavy atom. The van der Waals surface area contributed by atoms with Gasteiger partial charge in [-0.3, -0.25) is 0 Å². The van der Waals surface area contributed by atoms with Crippen molar-refractivity contribution in [3.63, 3.8) is 0 Å². The SMILES string of the molecule is CCCCC[CH2][Sn+2][CH2]CCCCC.O=C([O-])CCCCC(=O)[O-]. The number of hydrogen-bond acceptors (Lipinski definition) is 4. The summed E-state index contributed by atoms with van der Waals surface area (Å²) >= 11 is 0.104. The molecule has 0 saturated heterocycles. The molecule has 5 heteroatoms. The third-order valence-corrected chi connectivity index (χ3v) is 7.46. The van der Waals surface area contributed by atoms with E-state index < -0.39 is 11.9 Å². The number of carboxylic acids is 2. The minimum atomic E-state index is -1.14. The van der Waals surface area contributed by atoms with Crippen LogP contribution in [-0.2, 0) is 9.59 Å². The summed E-state index contributed by atoms with van der Waals surface area (Å²) in [5, 5.41) is 19.5. The Labute approximate surface area is 152 Å². The second kappa shape index (κ2) is 21.7. The van der Waals surface area contributed by atoms with Crippen molar-refractivity contribution in [3.05, 3.63) is 0 Å². The van der Waals surface area contributed by atoms with Gasteiger partial charge in [-0.05, 0) is 25.7 Å². The van der Waals surface area contributed by atoms with Gasteiger partial charge in [0.2, 0.25) is 0 Å². The van der Waals surface area contributed by atoms with E-state index in [2.05, 4.69) is 13.8 Å². The molecule has 134 valence electrons. The molecule has 0 atom stereocenters. The van der Waals surface area contributed by atoms with Gasteiger partial charge < -0.3 is 19.8 Å². The summed E-state index contributed by atoms with van der Waals surface area (Å²) in [7, 11) is 0. The van der Waals surface area contributed by atoms with Gasteiger partial charge in [0.15, 0.2) is 0 Å². The van der Waals surface area contributed by atoms with Gasteiger partial charge in [0.25, 0.3) is 0 Å². The van der Waals surface area contributed by atoms with Crippen LogP contribution in [0, 0.1) is 0 Å². The van der Waals surface area contributed by atoms with Crippen molar-refractivity contribution in [3.8, 4) is 0 Å². The standard InChI is InChI=1S/C6H10O4.2C6H13.Sn/c7-5(8)3-1-2-4-6(9)10;2*1-3-5-6-4-2;/h1-4H2,(H,7,8)(H,9,10);2*1,3-6H2,2H3;/q;;;+2/p-2. The zero-order chi connectivity index (χ0) is 17.8. The average molecular weight is 433 g/mol. The Morgan fingerprint density at radius 2 is 1.04 bits per heavy atom. The summed E-state index contributed by atoms with van der Waals surface area (Å²) in [6.45, 7) is 4.59. The first-order valence-electron chi connectivity index (χ1n) is 9.14. The fourth-order valence-corrected chi connectivity index (χ4v) is 5.58. The van der Waals surface area contributed by atoms with Crippen LogP contribution in [0.1, 0.15) is 90.9 Å². The number of carbonyl (C=O) groups is 2. The predicted octanol–water partition coefficient (Wildman–Crippen LogP) is 2.73. The molecule has 0 heterocycles. The summed E-state index contributed by atoms with van der Waals surface area (Å²) in [6.07, 6.45) is 12.4. The third-order valence-electron chi connectivity index (χ3n) is 3.43. The molecular weight excluding hydrogens is 399 g/mol. The average Bonchev–Trinajstić information content (AvgIpc) is 2.50. The van der Waals surface area contributed by atoms with E-state index >= 15 is 0 Å². The van der Waals surface area contributed by atoms with Crippen LogP contribution in [0.25, 0.3) is 0 Å². The van der Waals surface area contributed by atoms with Crippen LogP contribution in [-0.4, -0.2) is 33.1 Å². The molecule has 0 aliphatic heterocycles. The van der Waals surface area contributed by atoms with E-state index in [1.807, 2.05) is 0 Å². The van der Waals surface area contributed by atoms with Crippen LogP contribution in [0.2, 0.25) is 8.87 Å². The first-order chi connectivity index (χ1) is 11.0. The quantitative estimate of drug-likeness (QED) is 0.294. The van der Waals surface area contributed by atoms with E-state index in [0.29, 0.717) is 12.8 Å². The van der Waals surface area contributed by atoms with E-state index in [4.69, 9.17) is 0 Å². The van der Waals surface area contributed by atoms with Crippen molar-refractivity contribution in [2.75, 3.05) is 0 Å². The fraction of sp³-hybridized carbons (Fsp3) is 0.889. The summed E-state index contributed by atoms with van der Waals surface area (Å²) in [5.41, 5.74) is 0. The number of carboxylic acid groups (broad SMARTS) is 2. The molecule has 0 fully saturated rings. The smallest absolute Gasteiger partial charge is 0.0414 e. The number of unbranched alkanes of at least 4 members (excludes halogenated alkanes) is 7. The van der Waals surface area contributed by atoms with Crippen LogP contribution in [0.5, 0.6) is 0 Å². The second-order valence-electron chi connectivity index (χ2n) is 5.82. The summed E-state index contributed by atoms with van der Waals surface area (Å²) < 4.78 is 3.30. The maximum atomic E-state index is 9.77. The van der Waals surface area contributed by atoms with Crippen LogP contribution < -0.4 is 10.2 Å². The first kappa shape index (κ1) is 25.0. The zero-order valence-corrected chi connectivity index (χ0v) is 17.9. The van der Waals surface area contributed by atoms with E-state index in [-0.39, 0.29) is 34.0 Å². The molecule has 0 radical (unpaired) electrons. The molecular formula is C18H34O4Sn. The van der Waals surface area contributed by atoms with Gasteiger partial charge in [0.1, 0.15) is 0 Å². The fourth-order valence-electron chi connectivity index (χ4n) is 2.02. The maximum Gasteiger partial charge on any atom is 0.0414 e. The van der Waals surface area contributed by atoms with Gasteiger partial charge in [-0.15, -0.1) is 0 Å². The Hall–Kier alpha value is -0.261. The molecule has 0 saturated carbocycles. The van der Waals surface area contributed by atoms with Crippen LogP contribution in [0.4, 0.5) is 0 Å². The number of aliphatic carboxylic acids is 2. The van der Waals surface area contributed by atoms with Gasteiger partial charge in [-0.1, -0.05) is 0 Å². The monoisotopic (exact) mass is 434 g/mol. The Balaban J connectivity index is 0. The van der Waals surface area contributed by atoms with E-state index in [1.54, 1.807) is 21.7 Å². The van der Waals surface area contributed by atoms with Crippen molar-refractivity contribution in [2.45, 2.75) is 99.8 Å².